The minimum atomic E-state index is 0.305. The zero-order valence-electron chi connectivity index (χ0n) is 11.0. The lowest BCUT2D eigenvalue weighted by Gasteiger charge is -2.17. The Bertz CT molecular complexity index is 371. The van der Waals surface area contributed by atoms with E-state index in [1.165, 1.54) is 24.1 Å². The summed E-state index contributed by atoms with van der Waals surface area (Å²) in [5.74, 6) is 0.912. The van der Waals surface area contributed by atoms with E-state index in [9.17, 15) is 0 Å². The Labute approximate surface area is 108 Å². The Morgan fingerprint density at radius 2 is 2.18 bits per heavy atom. The largest absolute Gasteiger partial charge is 0.327 e. The number of hydrogen-bond acceptors (Lipinski definition) is 4. The number of rotatable bonds is 6. The maximum atomic E-state index is 6.11. The van der Waals surface area contributed by atoms with Crippen molar-refractivity contribution in [3.05, 3.63) is 15.6 Å². The van der Waals surface area contributed by atoms with Gasteiger partial charge in [-0.3, -0.25) is 0 Å². The third-order valence-corrected chi connectivity index (χ3v) is 4.61. The third kappa shape index (κ3) is 3.76. The summed E-state index contributed by atoms with van der Waals surface area (Å²) in [6, 6.07) is 0.672. The molecular weight excluding hydrogens is 230 g/mol. The first-order valence-corrected chi connectivity index (χ1v) is 7.30. The van der Waals surface area contributed by atoms with E-state index in [4.69, 9.17) is 5.73 Å². The van der Waals surface area contributed by atoms with E-state index in [1.54, 1.807) is 11.3 Å². The predicted molar refractivity (Wildman–Crippen MR) is 73.3 cm³/mol. The molecule has 1 aliphatic carbocycles. The minimum Gasteiger partial charge on any atom is -0.327 e. The molecular formula is C13H23N3S. The molecule has 3 nitrogen and oxygen atoms in total. The topological polar surface area (TPSA) is 50.9 Å². The van der Waals surface area contributed by atoms with Crippen molar-refractivity contribution in [1.82, 2.24) is 10.3 Å². The van der Waals surface area contributed by atoms with E-state index in [1.807, 2.05) is 0 Å². The van der Waals surface area contributed by atoms with Crippen molar-refractivity contribution in [2.45, 2.75) is 52.1 Å². The molecule has 0 spiro atoms. The van der Waals surface area contributed by atoms with Crippen LogP contribution in [0.25, 0.3) is 0 Å². The van der Waals surface area contributed by atoms with Crippen LogP contribution in [0, 0.1) is 19.8 Å². The molecule has 0 aromatic carbocycles. The summed E-state index contributed by atoms with van der Waals surface area (Å²) in [6.45, 7) is 7.26. The van der Waals surface area contributed by atoms with E-state index < -0.39 is 0 Å². The van der Waals surface area contributed by atoms with Gasteiger partial charge in [0.2, 0.25) is 0 Å². The first kappa shape index (κ1) is 13.0. The lowest BCUT2D eigenvalue weighted by atomic mass is 10.1. The van der Waals surface area contributed by atoms with Crippen molar-refractivity contribution in [3.63, 3.8) is 0 Å². The molecule has 1 heterocycles. The maximum absolute atomic E-state index is 6.11. The van der Waals surface area contributed by atoms with Gasteiger partial charge in [0.05, 0.1) is 10.7 Å². The van der Waals surface area contributed by atoms with E-state index in [2.05, 4.69) is 31.1 Å². The van der Waals surface area contributed by atoms with Gasteiger partial charge in [0.1, 0.15) is 0 Å². The quantitative estimate of drug-likeness (QED) is 0.819. The number of aryl methyl sites for hydroxylation is 2. The lowest BCUT2D eigenvalue weighted by Crippen LogP contribution is -2.35. The van der Waals surface area contributed by atoms with Crippen LogP contribution in [-0.4, -0.2) is 17.6 Å². The molecule has 1 aromatic rings. The van der Waals surface area contributed by atoms with Gasteiger partial charge in [-0.05, 0) is 33.1 Å². The number of hydrogen-bond donors (Lipinski definition) is 2. The molecule has 1 aliphatic rings. The monoisotopic (exact) mass is 253 g/mol. The number of thiazole rings is 1. The van der Waals surface area contributed by atoms with Crippen LogP contribution in [0.1, 0.15) is 47.8 Å². The molecule has 0 amide bonds. The predicted octanol–water partition coefficient (Wildman–Crippen LogP) is 2.54. The van der Waals surface area contributed by atoms with Crippen molar-refractivity contribution >= 4 is 11.3 Å². The highest BCUT2D eigenvalue weighted by molar-refractivity contribution is 7.11. The minimum absolute atomic E-state index is 0.305. The molecule has 0 aliphatic heterocycles. The Kier molecular flexibility index (Phi) is 4.17. The van der Waals surface area contributed by atoms with Crippen molar-refractivity contribution in [3.8, 4) is 0 Å². The second-order valence-corrected chi connectivity index (χ2v) is 6.49. The van der Waals surface area contributed by atoms with Gasteiger partial charge in [0.25, 0.3) is 0 Å². The third-order valence-electron chi connectivity index (χ3n) is 3.35. The summed E-state index contributed by atoms with van der Waals surface area (Å²) in [4.78, 5) is 5.81. The van der Waals surface area contributed by atoms with Crippen LogP contribution in [0.4, 0.5) is 0 Å². The maximum Gasteiger partial charge on any atom is 0.0900 e. The van der Waals surface area contributed by atoms with Gasteiger partial charge in [-0.1, -0.05) is 12.8 Å². The van der Waals surface area contributed by atoms with E-state index >= 15 is 0 Å². The molecule has 0 radical (unpaired) electrons. The Balaban J connectivity index is 1.79. The second-order valence-electron chi connectivity index (χ2n) is 5.25. The Morgan fingerprint density at radius 1 is 1.47 bits per heavy atom. The SMILES string of the molecule is Cc1nc(C)c(C(C)NCC(N)CC2CC2)s1. The van der Waals surface area contributed by atoms with Gasteiger partial charge in [0.15, 0.2) is 0 Å². The molecule has 2 atom stereocenters. The highest BCUT2D eigenvalue weighted by Gasteiger charge is 2.24. The Morgan fingerprint density at radius 3 is 2.71 bits per heavy atom. The molecule has 3 N–H and O–H groups in total. The number of nitrogens with one attached hydrogen (secondary N) is 1. The van der Waals surface area contributed by atoms with Gasteiger partial charge in [-0.25, -0.2) is 4.98 Å². The zero-order valence-corrected chi connectivity index (χ0v) is 11.8. The summed E-state index contributed by atoms with van der Waals surface area (Å²) < 4.78 is 0. The van der Waals surface area contributed by atoms with Crippen molar-refractivity contribution < 1.29 is 0 Å². The van der Waals surface area contributed by atoms with Gasteiger partial charge in [-0.15, -0.1) is 11.3 Å². The van der Waals surface area contributed by atoms with Crippen molar-refractivity contribution in [2.24, 2.45) is 11.7 Å². The molecule has 4 heteroatoms. The van der Waals surface area contributed by atoms with Crippen molar-refractivity contribution in [2.75, 3.05) is 6.54 Å². The van der Waals surface area contributed by atoms with Crippen LogP contribution in [0.5, 0.6) is 0 Å². The first-order chi connectivity index (χ1) is 8.06. The molecule has 17 heavy (non-hydrogen) atoms. The lowest BCUT2D eigenvalue weighted by molar-refractivity contribution is 0.482. The molecule has 1 aromatic heterocycles. The molecule has 1 saturated carbocycles. The second kappa shape index (κ2) is 5.46. The van der Waals surface area contributed by atoms with E-state index in [0.29, 0.717) is 12.1 Å². The fourth-order valence-electron chi connectivity index (χ4n) is 2.23. The highest BCUT2D eigenvalue weighted by Crippen LogP contribution is 2.33. The Hall–Kier alpha value is -0.450. The van der Waals surface area contributed by atoms with Gasteiger partial charge < -0.3 is 11.1 Å². The fraction of sp³-hybridized carbons (Fsp3) is 0.769. The summed E-state index contributed by atoms with van der Waals surface area (Å²) in [5.41, 5.74) is 7.27. The molecule has 0 bridgehead atoms. The first-order valence-electron chi connectivity index (χ1n) is 6.49. The van der Waals surface area contributed by atoms with Crippen molar-refractivity contribution in [1.29, 1.82) is 0 Å². The number of nitrogens with zero attached hydrogens (tertiary/aromatic N) is 1. The van der Waals surface area contributed by atoms with Crippen LogP contribution < -0.4 is 11.1 Å². The summed E-state index contributed by atoms with van der Waals surface area (Å²) in [6.07, 6.45) is 3.95. The number of aromatic nitrogens is 1. The molecule has 2 unspecified atom stereocenters. The van der Waals surface area contributed by atoms with Crippen LogP contribution >= 0.6 is 11.3 Å². The molecule has 1 fully saturated rings. The van der Waals surface area contributed by atoms with Crippen LogP contribution in [0.3, 0.4) is 0 Å². The summed E-state index contributed by atoms with van der Waals surface area (Å²) in [7, 11) is 0. The molecule has 0 saturated heterocycles. The highest BCUT2D eigenvalue weighted by atomic mass is 32.1. The van der Waals surface area contributed by atoms with Gasteiger partial charge in [-0.2, -0.15) is 0 Å². The molecule has 96 valence electrons. The number of nitrogens with two attached hydrogens (primary N) is 1. The smallest absolute Gasteiger partial charge is 0.0900 e. The van der Waals surface area contributed by atoms with E-state index in [-0.39, 0.29) is 0 Å². The fourth-order valence-corrected chi connectivity index (χ4v) is 3.19. The standard InChI is InChI=1S/C13H23N3S/c1-8(13-9(2)16-10(3)17-13)15-7-12(14)6-11-4-5-11/h8,11-12,15H,4-7,14H2,1-3H3. The van der Waals surface area contributed by atoms with Gasteiger partial charge >= 0.3 is 0 Å². The average Bonchev–Trinajstić information content (AvgIpc) is 3.00. The van der Waals surface area contributed by atoms with Crippen LogP contribution in [0.2, 0.25) is 0 Å². The van der Waals surface area contributed by atoms with Gasteiger partial charge in [0, 0.05) is 23.5 Å². The summed E-state index contributed by atoms with van der Waals surface area (Å²) in [5, 5.41) is 4.68. The zero-order chi connectivity index (χ0) is 12.4. The molecule has 2 rings (SSSR count). The van der Waals surface area contributed by atoms with E-state index in [0.717, 1.165) is 23.2 Å². The average molecular weight is 253 g/mol. The normalized spacial score (nSPS) is 19.3. The van der Waals surface area contributed by atoms with Crippen LogP contribution in [-0.2, 0) is 0 Å². The van der Waals surface area contributed by atoms with Crippen LogP contribution in [0.15, 0.2) is 0 Å². The summed E-state index contributed by atoms with van der Waals surface area (Å²) >= 11 is 1.79.